The number of aryl methyl sites for hydroxylation is 2. The van der Waals surface area contributed by atoms with Crippen molar-refractivity contribution in [1.82, 2.24) is 10.2 Å². The second kappa shape index (κ2) is 8.12. The molecule has 0 saturated heterocycles. The lowest BCUT2D eigenvalue weighted by molar-refractivity contribution is 0.126. The van der Waals surface area contributed by atoms with Gasteiger partial charge in [-0.05, 0) is 55.3 Å². The highest BCUT2D eigenvalue weighted by Gasteiger charge is 2.17. The average Bonchev–Trinajstić information content (AvgIpc) is 3.32. The van der Waals surface area contributed by atoms with Gasteiger partial charge >= 0.3 is 0 Å². The Bertz CT molecular complexity index is 955. The van der Waals surface area contributed by atoms with Crippen LogP contribution < -0.4 is 14.2 Å². The molecule has 7 nitrogen and oxygen atoms in total. The molecule has 0 aliphatic carbocycles. The van der Waals surface area contributed by atoms with E-state index < -0.39 is 6.10 Å². The maximum Gasteiger partial charge on any atom is 0.276 e. The van der Waals surface area contributed by atoms with Crippen molar-refractivity contribution in [1.29, 1.82) is 0 Å². The minimum Gasteiger partial charge on any atom is -0.491 e. The maximum absolute atomic E-state index is 10.2. The molecule has 0 radical (unpaired) electrons. The molecule has 2 heterocycles. The van der Waals surface area contributed by atoms with Gasteiger partial charge < -0.3 is 23.7 Å². The summed E-state index contributed by atoms with van der Waals surface area (Å²) in [5.41, 5.74) is 3.00. The van der Waals surface area contributed by atoms with E-state index in [9.17, 15) is 5.11 Å². The summed E-state index contributed by atoms with van der Waals surface area (Å²) in [7, 11) is 0. The number of nitrogens with zero attached hydrogens (tertiary/aromatic N) is 2. The third-order valence-electron chi connectivity index (χ3n) is 4.06. The van der Waals surface area contributed by atoms with Crippen LogP contribution in [0.4, 0.5) is 0 Å². The van der Waals surface area contributed by atoms with E-state index in [1.165, 1.54) is 11.8 Å². The van der Waals surface area contributed by atoms with Crippen molar-refractivity contribution in [2.75, 3.05) is 19.2 Å². The van der Waals surface area contributed by atoms with Gasteiger partial charge in [-0.25, -0.2) is 0 Å². The second-order valence-corrected chi connectivity index (χ2v) is 7.51. The number of aliphatic hydroxyl groups excluding tert-OH is 1. The number of hydrogen-bond acceptors (Lipinski definition) is 8. The molecule has 146 valence electrons. The Hall–Kier alpha value is -2.71. The molecule has 2 aromatic carbocycles. The summed E-state index contributed by atoms with van der Waals surface area (Å²) in [5, 5.41) is 18.6. The van der Waals surface area contributed by atoms with Gasteiger partial charge in [0.25, 0.3) is 5.22 Å². The molecule has 0 spiro atoms. The summed E-state index contributed by atoms with van der Waals surface area (Å²) < 4.78 is 22.0. The van der Waals surface area contributed by atoms with Crippen molar-refractivity contribution in [3.8, 4) is 28.7 Å². The fourth-order valence-corrected chi connectivity index (χ4v) is 3.51. The largest absolute Gasteiger partial charge is 0.491 e. The van der Waals surface area contributed by atoms with Crippen LogP contribution in [0.25, 0.3) is 11.5 Å². The zero-order valence-electron chi connectivity index (χ0n) is 15.5. The second-order valence-electron chi connectivity index (χ2n) is 6.54. The van der Waals surface area contributed by atoms with E-state index in [0.29, 0.717) is 28.4 Å². The van der Waals surface area contributed by atoms with Gasteiger partial charge in [0.15, 0.2) is 11.5 Å². The molecule has 1 atom stereocenters. The molecular weight excluding hydrogens is 380 g/mol. The summed E-state index contributed by atoms with van der Waals surface area (Å²) in [4.78, 5) is 0. The quantitative estimate of drug-likeness (QED) is 0.602. The summed E-state index contributed by atoms with van der Waals surface area (Å²) in [5.74, 6) is 2.88. The van der Waals surface area contributed by atoms with E-state index in [4.69, 9.17) is 18.6 Å². The monoisotopic (exact) mass is 400 g/mol. The van der Waals surface area contributed by atoms with E-state index in [-0.39, 0.29) is 13.4 Å². The zero-order chi connectivity index (χ0) is 19.5. The number of fused-ring (bicyclic) bond motifs is 1. The summed E-state index contributed by atoms with van der Waals surface area (Å²) in [6, 6.07) is 11.4. The van der Waals surface area contributed by atoms with E-state index >= 15 is 0 Å². The van der Waals surface area contributed by atoms with E-state index in [1.54, 1.807) is 6.07 Å². The van der Waals surface area contributed by atoms with Gasteiger partial charge in [0.1, 0.15) is 12.4 Å². The number of aliphatic hydroxyl groups is 1. The summed E-state index contributed by atoms with van der Waals surface area (Å²) >= 11 is 1.28. The Morgan fingerprint density at radius 2 is 1.86 bits per heavy atom. The van der Waals surface area contributed by atoms with Crippen molar-refractivity contribution >= 4 is 11.8 Å². The highest BCUT2D eigenvalue weighted by Crippen LogP contribution is 2.36. The Morgan fingerprint density at radius 1 is 1.07 bits per heavy atom. The Kier molecular flexibility index (Phi) is 5.40. The van der Waals surface area contributed by atoms with Crippen LogP contribution in [-0.4, -0.2) is 40.6 Å². The molecule has 28 heavy (non-hydrogen) atoms. The molecule has 0 fully saturated rings. The van der Waals surface area contributed by atoms with Crippen LogP contribution in [0.15, 0.2) is 46.0 Å². The lowest BCUT2D eigenvalue weighted by atomic mass is 10.1. The van der Waals surface area contributed by atoms with Crippen LogP contribution in [0, 0.1) is 13.8 Å². The SMILES string of the molecule is Cc1cc(C)cc(OC[C@H](O)CSc2nnc(-c3ccc4c(c3)OCO4)o2)c1. The van der Waals surface area contributed by atoms with Crippen molar-refractivity contribution in [3.05, 3.63) is 47.5 Å². The highest BCUT2D eigenvalue weighted by atomic mass is 32.2. The molecule has 1 aliphatic rings. The molecule has 3 aromatic rings. The van der Waals surface area contributed by atoms with Gasteiger partial charge in [0.05, 0.1) is 6.10 Å². The van der Waals surface area contributed by atoms with Crippen molar-refractivity contribution < 1.29 is 23.7 Å². The molecule has 4 rings (SSSR count). The molecule has 0 bridgehead atoms. The van der Waals surface area contributed by atoms with Gasteiger partial charge in [-0.1, -0.05) is 17.8 Å². The van der Waals surface area contributed by atoms with Crippen LogP contribution in [0.1, 0.15) is 11.1 Å². The number of ether oxygens (including phenoxy) is 3. The third-order valence-corrected chi connectivity index (χ3v) is 5.03. The van der Waals surface area contributed by atoms with E-state index in [1.807, 2.05) is 38.1 Å². The molecule has 1 aromatic heterocycles. The molecule has 1 N–H and O–H groups in total. The smallest absolute Gasteiger partial charge is 0.276 e. The number of hydrogen-bond donors (Lipinski definition) is 1. The minimum atomic E-state index is -0.660. The number of thioether (sulfide) groups is 1. The molecule has 0 saturated carbocycles. The molecule has 0 unspecified atom stereocenters. The Morgan fingerprint density at radius 3 is 2.68 bits per heavy atom. The standard InChI is InChI=1S/C20H20N2O5S/c1-12-5-13(2)7-16(6-12)24-9-15(23)10-28-20-22-21-19(27-20)14-3-4-17-18(8-14)26-11-25-17/h3-8,15,23H,9-11H2,1-2H3/t15-/m0/s1. The van der Waals surface area contributed by atoms with Crippen LogP contribution in [-0.2, 0) is 0 Å². The molecular formula is C20H20N2O5S. The van der Waals surface area contributed by atoms with Crippen LogP contribution in [0.5, 0.6) is 17.2 Å². The fraction of sp³-hybridized carbons (Fsp3) is 0.300. The number of benzene rings is 2. The Balaban J connectivity index is 1.30. The third kappa shape index (κ3) is 4.40. The normalized spacial score (nSPS) is 13.5. The first-order valence-electron chi connectivity index (χ1n) is 8.82. The van der Waals surface area contributed by atoms with Gasteiger partial charge in [-0.15, -0.1) is 10.2 Å². The van der Waals surface area contributed by atoms with E-state index in [0.717, 1.165) is 22.4 Å². The molecule has 1 aliphatic heterocycles. The topological polar surface area (TPSA) is 86.8 Å². The lowest BCUT2D eigenvalue weighted by Gasteiger charge is -2.12. The molecule has 0 amide bonds. The van der Waals surface area contributed by atoms with Crippen LogP contribution in [0.3, 0.4) is 0 Å². The van der Waals surface area contributed by atoms with Crippen molar-refractivity contribution in [3.63, 3.8) is 0 Å². The van der Waals surface area contributed by atoms with E-state index in [2.05, 4.69) is 16.3 Å². The number of aromatic nitrogens is 2. The predicted octanol–water partition coefficient (Wildman–Crippen LogP) is 3.61. The molecule has 8 heteroatoms. The summed E-state index contributed by atoms with van der Waals surface area (Å²) in [6.45, 7) is 4.43. The van der Waals surface area contributed by atoms with Gasteiger partial charge in [-0.2, -0.15) is 0 Å². The average molecular weight is 400 g/mol. The van der Waals surface area contributed by atoms with Gasteiger partial charge in [-0.3, -0.25) is 0 Å². The van der Waals surface area contributed by atoms with Crippen molar-refractivity contribution in [2.45, 2.75) is 25.2 Å². The fourth-order valence-electron chi connectivity index (χ4n) is 2.84. The predicted molar refractivity (Wildman–Crippen MR) is 104 cm³/mol. The summed E-state index contributed by atoms with van der Waals surface area (Å²) in [6.07, 6.45) is -0.660. The minimum absolute atomic E-state index is 0.194. The van der Waals surface area contributed by atoms with Crippen LogP contribution >= 0.6 is 11.8 Å². The van der Waals surface area contributed by atoms with Gasteiger partial charge in [0, 0.05) is 11.3 Å². The zero-order valence-corrected chi connectivity index (χ0v) is 16.4. The first kappa shape index (κ1) is 18.6. The maximum atomic E-state index is 10.2. The lowest BCUT2D eigenvalue weighted by Crippen LogP contribution is -2.20. The van der Waals surface area contributed by atoms with Crippen LogP contribution in [0.2, 0.25) is 0 Å². The number of rotatable bonds is 7. The Labute approximate surface area is 166 Å². The first-order chi connectivity index (χ1) is 13.6. The van der Waals surface area contributed by atoms with Crippen molar-refractivity contribution in [2.24, 2.45) is 0 Å². The first-order valence-corrected chi connectivity index (χ1v) is 9.81. The van der Waals surface area contributed by atoms with Gasteiger partial charge in [0.2, 0.25) is 12.7 Å². The highest BCUT2D eigenvalue weighted by molar-refractivity contribution is 7.99.